The van der Waals surface area contributed by atoms with Gasteiger partial charge in [0.05, 0.1) is 22.1 Å². The lowest BCUT2D eigenvalue weighted by Gasteiger charge is -2.17. The number of sulfonamides is 1. The van der Waals surface area contributed by atoms with Crippen molar-refractivity contribution in [3.05, 3.63) is 59.2 Å². The minimum Gasteiger partial charge on any atom is -0.387 e. The number of aliphatic hydroxyl groups is 1. The minimum atomic E-state index is -5.01. The zero-order valence-electron chi connectivity index (χ0n) is 13.8. The van der Waals surface area contributed by atoms with Crippen molar-refractivity contribution in [1.29, 1.82) is 0 Å². The van der Waals surface area contributed by atoms with Crippen molar-refractivity contribution in [2.45, 2.75) is 23.4 Å². The number of rotatable bonds is 5. The highest BCUT2D eigenvalue weighted by Crippen LogP contribution is 2.36. The van der Waals surface area contributed by atoms with E-state index in [2.05, 4.69) is 5.32 Å². The second-order valence-electron chi connectivity index (χ2n) is 5.77. The molecule has 0 aliphatic carbocycles. The number of nitrogens with two attached hydrogens (primary N) is 1. The first-order valence-electron chi connectivity index (χ1n) is 7.53. The second kappa shape index (κ2) is 7.60. The molecule has 1 atom stereocenters. The SMILES string of the molecule is NS(=O)(=O)c1ccc(NCC(O)c2cccc(C(F)(F)F)c2)cc1C(F)(F)F. The van der Waals surface area contributed by atoms with Gasteiger partial charge in [0.2, 0.25) is 10.0 Å². The lowest BCUT2D eigenvalue weighted by molar-refractivity contribution is -0.140. The van der Waals surface area contributed by atoms with Crippen LogP contribution in [0, 0.1) is 0 Å². The van der Waals surface area contributed by atoms with E-state index >= 15 is 0 Å². The number of alkyl halides is 6. The molecular formula is C16H14F6N2O3S. The van der Waals surface area contributed by atoms with E-state index in [1.165, 1.54) is 6.07 Å². The third-order valence-corrected chi connectivity index (χ3v) is 4.66. The molecule has 0 aliphatic rings. The van der Waals surface area contributed by atoms with Gasteiger partial charge in [0, 0.05) is 12.2 Å². The molecule has 0 bridgehead atoms. The Bertz CT molecular complexity index is 958. The fourth-order valence-corrected chi connectivity index (χ4v) is 3.10. The van der Waals surface area contributed by atoms with Gasteiger partial charge in [-0.2, -0.15) is 26.3 Å². The average molecular weight is 428 g/mol. The molecule has 2 aromatic rings. The Labute approximate surface area is 155 Å². The van der Waals surface area contributed by atoms with Crippen molar-refractivity contribution in [2.24, 2.45) is 5.14 Å². The molecule has 0 radical (unpaired) electrons. The Morgan fingerprint density at radius 3 is 2.18 bits per heavy atom. The van der Waals surface area contributed by atoms with E-state index in [9.17, 15) is 39.9 Å². The lowest BCUT2D eigenvalue weighted by atomic mass is 10.1. The van der Waals surface area contributed by atoms with Crippen LogP contribution in [-0.4, -0.2) is 20.1 Å². The molecule has 5 nitrogen and oxygen atoms in total. The number of nitrogens with one attached hydrogen (secondary N) is 1. The minimum absolute atomic E-state index is 0.0977. The fraction of sp³-hybridized carbons (Fsp3) is 0.250. The fourth-order valence-electron chi connectivity index (χ4n) is 2.36. The normalized spacial score (nSPS) is 14.0. The van der Waals surface area contributed by atoms with Gasteiger partial charge in [0.25, 0.3) is 0 Å². The van der Waals surface area contributed by atoms with E-state index in [1.54, 1.807) is 0 Å². The summed E-state index contributed by atoms with van der Waals surface area (Å²) in [5.74, 6) is 0. The van der Waals surface area contributed by atoms with Crippen molar-refractivity contribution < 1.29 is 39.9 Å². The van der Waals surface area contributed by atoms with Gasteiger partial charge in [0.15, 0.2) is 0 Å². The molecule has 0 saturated carbocycles. The predicted molar refractivity (Wildman–Crippen MR) is 87.7 cm³/mol. The standard InChI is InChI=1S/C16H14F6N2O3S/c17-15(18,19)10-3-1-2-9(6-10)13(25)8-24-11-4-5-14(28(23,26)27)12(7-11)16(20,21)22/h1-7,13,24-25H,8H2,(H2,23,26,27). The maximum absolute atomic E-state index is 13.1. The molecule has 12 heteroatoms. The van der Waals surface area contributed by atoms with Crippen molar-refractivity contribution in [1.82, 2.24) is 0 Å². The van der Waals surface area contributed by atoms with Gasteiger partial charge < -0.3 is 10.4 Å². The number of anilines is 1. The van der Waals surface area contributed by atoms with Gasteiger partial charge in [-0.25, -0.2) is 13.6 Å². The van der Waals surface area contributed by atoms with E-state index in [0.717, 1.165) is 24.3 Å². The monoisotopic (exact) mass is 428 g/mol. The Morgan fingerprint density at radius 1 is 1.00 bits per heavy atom. The summed E-state index contributed by atoms with van der Waals surface area (Å²) in [6, 6.07) is 5.98. The molecule has 2 rings (SSSR count). The molecule has 0 fully saturated rings. The number of aliphatic hydroxyl groups excluding tert-OH is 1. The van der Waals surface area contributed by atoms with E-state index in [0.29, 0.717) is 12.1 Å². The predicted octanol–water partition coefficient (Wildman–Crippen LogP) is 3.52. The average Bonchev–Trinajstić information content (AvgIpc) is 2.57. The van der Waals surface area contributed by atoms with Crippen molar-refractivity contribution in [3.63, 3.8) is 0 Å². The third kappa shape index (κ3) is 5.36. The summed E-state index contributed by atoms with van der Waals surface area (Å²) in [7, 11) is -4.63. The first kappa shape index (κ1) is 22.0. The highest BCUT2D eigenvalue weighted by molar-refractivity contribution is 7.89. The molecule has 28 heavy (non-hydrogen) atoms. The summed E-state index contributed by atoms with van der Waals surface area (Å²) in [4.78, 5) is -1.12. The van der Waals surface area contributed by atoms with E-state index in [4.69, 9.17) is 5.14 Å². The topological polar surface area (TPSA) is 92.4 Å². The lowest BCUT2D eigenvalue weighted by Crippen LogP contribution is -2.20. The largest absolute Gasteiger partial charge is 0.417 e. The quantitative estimate of drug-likeness (QED) is 0.636. The van der Waals surface area contributed by atoms with E-state index < -0.39 is 51.0 Å². The van der Waals surface area contributed by atoms with Crippen molar-refractivity contribution >= 4 is 15.7 Å². The summed E-state index contributed by atoms with van der Waals surface area (Å²) in [5.41, 5.74) is -2.79. The van der Waals surface area contributed by atoms with E-state index in [-0.39, 0.29) is 11.3 Å². The van der Waals surface area contributed by atoms with Gasteiger partial charge in [0.1, 0.15) is 0 Å². The molecule has 0 spiro atoms. The molecule has 0 aromatic heterocycles. The maximum Gasteiger partial charge on any atom is 0.417 e. The van der Waals surface area contributed by atoms with E-state index in [1.807, 2.05) is 0 Å². The molecule has 4 N–H and O–H groups in total. The first-order valence-corrected chi connectivity index (χ1v) is 9.07. The van der Waals surface area contributed by atoms with Crippen LogP contribution in [0.25, 0.3) is 0 Å². The Kier molecular flexibility index (Phi) is 5.97. The Morgan fingerprint density at radius 2 is 1.64 bits per heavy atom. The summed E-state index contributed by atoms with van der Waals surface area (Å²) < 4.78 is 100.0. The molecular weight excluding hydrogens is 414 g/mol. The summed E-state index contributed by atoms with van der Waals surface area (Å²) in [5, 5.41) is 17.2. The summed E-state index contributed by atoms with van der Waals surface area (Å²) >= 11 is 0. The molecule has 1 unspecified atom stereocenters. The van der Waals surface area contributed by atoms with Crippen LogP contribution < -0.4 is 10.5 Å². The molecule has 2 aromatic carbocycles. The molecule has 0 amide bonds. The zero-order chi connectivity index (χ0) is 21.3. The van der Waals surface area contributed by atoms with Gasteiger partial charge in [-0.05, 0) is 35.9 Å². The highest BCUT2D eigenvalue weighted by atomic mass is 32.2. The smallest absolute Gasteiger partial charge is 0.387 e. The molecule has 0 heterocycles. The van der Waals surface area contributed by atoms with Crippen LogP contribution in [0.3, 0.4) is 0 Å². The number of halogens is 6. The molecule has 0 aliphatic heterocycles. The summed E-state index contributed by atoms with van der Waals surface area (Å²) in [6.45, 7) is -0.423. The van der Waals surface area contributed by atoms with Gasteiger partial charge in [-0.3, -0.25) is 0 Å². The first-order chi connectivity index (χ1) is 12.7. The van der Waals surface area contributed by atoms with Crippen LogP contribution in [-0.2, 0) is 22.4 Å². The van der Waals surface area contributed by atoms with Crippen molar-refractivity contribution in [2.75, 3.05) is 11.9 Å². The van der Waals surface area contributed by atoms with Gasteiger partial charge in [-0.15, -0.1) is 0 Å². The van der Waals surface area contributed by atoms with Crippen LogP contribution in [0.1, 0.15) is 22.8 Å². The Hall–Kier alpha value is -2.31. The summed E-state index contributed by atoms with van der Waals surface area (Å²) in [6.07, 6.45) is -11.1. The van der Waals surface area contributed by atoms with Crippen LogP contribution >= 0.6 is 0 Å². The van der Waals surface area contributed by atoms with Crippen molar-refractivity contribution in [3.8, 4) is 0 Å². The van der Waals surface area contributed by atoms with Gasteiger partial charge in [-0.1, -0.05) is 12.1 Å². The number of benzene rings is 2. The Balaban J connectivity index is 2.23. The van der Waals surface area contributed by atoms with Crippen LogP contribution in [0.2, 0.25) is 0 Å². The second-order valence-corrected chi connectivity index (χ2v) is 7.30. The van der Waals surface area contributed by atoms with Crippen LogP contribution in [0.5, 0.6) is 0 Å². The van der Waals surface area contributed by atoms with Crippen LogP contribution in [0.15, 0.2) is 47.4 Å². The number of primary sulfonamides is 1. The van der Waals surface area contributed by atoms with Gasteiger partial charge >= 0.3 is 12.4 Å². The zero-order valence-corrected chi connectivity index (χ0v) is 14.7. The molecule has 154 valence electrons. The highest BCUT2D eigenvalue weighted by Gasteiger charge is 2.36. The number of hydrogen-bond acceptors (Lipinski definition) is 4. The molecule has 0 saturated heterocycles. The number of hydrogen-bond donors (Lipinski definition) is 3. The maximum atomic E-state index is 13.1. The third-order valence-electron chi connectivity index (χ3n) is 3.69. The van der Waals surface area contributed by atoms with Crippen LogP contribution in [0.4, 0.5) is 32.0 Å².